The second-order valence-electron chi connectivity index (χ2n) is 8.27. The van der Waals surface area contributed by atoms with Gasteiger partial charge < -0.3 is 19.4 Å². The number of thiocarbonyl (C=S) groups is 1. The van der Waals surface area contributed by atoms with Crippen LogP contribution in [-0.2, 0) is 4.74 Å². The number of nitrogens with zero attached hydrogens (tertiary/aromatic N) is 3. The van der Waals surface area contributed by atoms with E-state index in [2.05, 4.69) is 15.6 Å². The van der Waals surface area contributed by atoms with Gasteiger partial charge in [-0.25, -0.2) is 4.98 Å². The molecule has 10 nitrogen and oxygen atoms in total. The molecule has 4 aromatic rings. The Bertz CT molecular complexity index is 1570. The van der Waals surface area contributed by atoms with Crippen molar-refractivity contribution in [2.24, 2.45) is 0 Å². The summed E-state index contributed by atoms with van der Waals surface area (Å²) in [5, 5.41) is 17.9. The van der Waals surface area contributed by atoms with Crippen LogP contribution < -0.4 is 15.5 Å². The molecule has 38 heavy (non-hydrogen) atoms. The number of anilines is 2. The maximum absolute atomic E-state index is 12.8. The Labute approximate surface area is 231 Å². The number of aromatic nitrogens is 1. The van der Waals surface area contributed by atoms with Gasteiger partial charge in [-0.3, -0.25) is 20.2 Å². The molecule has 2 heterocycles. The molecule has 13 heteroatoms. The number of ether oxygens (including phenoxy) is 1. The van der Waals surface area contributed by atoms with E-state index in [0.717, 1.165) is 0 Å². The third kappa shape index (κ3) is 5.41. The normalized spacial score (nSPS) is 13.4. The molecule has 1 amide bonds. The van der Waals surface area contributed by atoms with Crippen molar-refractivity contribution in [3.63, 3.8) is 0 Å². The van der Waals surface area contributed by atoms with Crippen LogP contribution in [0.3, 0.4) is 0 Å². The molecule has 0 saturated carbocycles. The van der Waals surface area contributed by atoms with Gasteiger partial charge in [-0.1, -0.05) is 29.3 Å². The predicted molar refractivity (Wildman–Crippen MR) is 149 cm³/mol. The molecule has 1 aliphatic heterocycles. The van der Waals surface area contributed by atoms with Crippen LogP contribution in [0.1, 0.15) is 10.4 Å². The summed E-state index contributed by atoms with van der Waals surface area (Å²) < 4.78 is 11.1. The topological polar surface area (TPSA) is 123 Å². The smallest absolute Gasteiger partial charge is 0.293 e. The van der Waals surface area contributed by atoms with E-state index in [1.807, 2.05) is 4.90 Å². The Morgan fingerprint density at radius 1 is 1.11 bits per heavy atom. The molecule has 5 rings (SSSR count). The summed E-state index contributed by atoms with van der Waals surface area (Å²) in [5.74, 6) is -0.276. The highest BCUT2D eigenvalue weighted by Crippen LogP contribution is 2.35. The number of nitro benzene ring substituents is 1. The van der Waals surface area contributed by atoms with Crippen molar-refractivity contribution in [3.8, 4) is 11.5 Å². The molecule has 0 radical (unpaired) electrons. The monoisotopic (exact) mass is 571 g/mol. The lowest BCUT2D eigenvalue weighted by Crippen LogP contribution is -2.37. The zero-order valence-corrected chi connectivity index (χ0v) is 21.9. The minimum atomic E-state index is -0.584. The van der Waals surface area contributed by atoms with E-state index in [0.29, 0.717) is 70.3 Å². The van der Waals surface area contributed by atoms with Gasteiger partial charge in [-0.05, 0) is 54.7 Å². The summed E-state index contributed by atoms with van der Waals surface area (Å²) in [6.07, 6.45) is 0. The van der Waals surface area contributed by atoms with Crippen molar-refractivity contribution >= 4 is 74.6 Å². The highest BCUT2D eigenvalue weighted by atomic mass is 35.5. The van der Waals surface area contributed by atoms with Gasteiger partial charge in [0.15, 0.2) is 10.7 Å². The summed E-state index contributed by atoms with van der Waals surface area (Å²) in [6, 6.07) is 14.6. The SMILES string of the molecule is O=C(NC(=S)Nc1ccc2oc(-c3cccc(Cl)c3Cl)nc2c1)c1ccc(N2CCOCC2)c([N+](=O)[O-])c1. The summed E-state index contributed by atoms with van der Waals surface area (Å²) >= 11 is 17.7. The number of carbonyl (C=O) groups is 1. The lowest BCUT2D eigenvalue weighted by molar-refractivity contribution is -0.384. The van der Waals surface area contributed by atoms with E-state index in [9.17, 15) is 14.9 Å². The van der Waals surface area contributed by atoms with E-state index >= 15 is 0 Å². The fourth-order valence-corrected chi connectivity index (χ4v) is 4.60. The zero-order chi connectivity index (χ0) is 26.8. The van der Waals surface area contributed by atoms with Crippen LogP contribution >= 0.6 is 35.4 Å². The van der Waals surface area contributed by atoms with Crippen LogP contribution in [0.5, 0.6) is 0 Å². The molecule has 1 fully saturated rings. The van der Waals surface area contributed by atoms with Crippen molar-refractivity contribution in [3.05, 3.63) is 80.3 Å². The third-order valence-corrected chi connectivity index (χ3v) is 6.86. The van der Waals surface area contributed by atoms with Crippen LogP contribution in [-0.4, -0.2) is 47.2 Å². The first-order chi connectivity index (χ1) is 18.3. The maximum Gasteiger partial charge on any atom is 0.293 e. The number of nitrogens with one attached hydrogen (secondary N) is 2. The largest absolute Gasteiger partial charge is 0.436 e. The molecular weight excluding hydrogens is 553 g/mol. The van der Waals surface area contributed by atoms with Gasteiger partial charge in [0.2, 0.25) is 5.89 Å². The van der Waals surface area contributed by atoms with Crippen molar-refractivity contribution in [1.82, 2.24) is 10.3 Å². The number of hydrogen-bond acceptors (Lipinski definition) is 8. The number of benzene rings is 3. The highest BCUT2D eigenvalue weighted by Gasteiger charge is 2.23. The number of amides is 1. The van der Waals surface area contributed by atoms with Crippen LogP contribution in [0.15, 0.2) is 59.0 Å². The molecule has 0 bridgehead atoms. The molecule has 1 aromatic heterocycles. The summed E-state index contributed by atoms with van der Waals surface area (Å²) in [7, 11) is 0. The molecule has 1 saturated heterocycles. The minimum absolute atomic E-state index is 0.0101. The number of oxazole rings is 1. The average Bonchev–Trinajstić information content (AvgIpc) is 3.33. The Morgan fingerprint density at radius 3 is 2.66 bits per heavy atom. The van der Waals surface area contributed by atoms with E-state index in [1.54, 1.807) is 42.5 Å². The minimum Gasteiger partial charge on any atom is -0.436 e. The fraction of sp³-hybridized carbons (Fsp3) is 0.160. The van der Waals surface area contributed by atoms with E-state index in [4.69, 9.17) is 44.6 Å². The maximum atomic E-state index is 12.8. The molecule has 2 N–H and O–H groups in total. The number of rotatable bonds is 5. The van der Waals surface area contributed by atoms with Crippen LogP contribution in [0.2, 0.25) is 10.0 Å². The molecule has 194 valence electrons. The zero-order valence-electron chi connectivity index (χ0n) is 19.6. The van der Waals surface area contributed by atoms with Gasteiger partial charge in [0.1, 0.15) is 11.2 Å². The molecule has 1 aliphatic rings. The first-order valence-electron chi connectivity index (χ1n) is 11.4. The predicted octanol–water partition coefficient (Wildman–Crippen LogP) is 5.67. The number of morpholine rings is 1. The van der Waals surface area contributed by atoms with Crippen LogP contribution in [0.25, 0.3) is 22.6 Å². The van der Waals surface area contributed by atoms with Crippen LogP contribution in [0, 0.1) is 10.1 Å². The van der Waals surface area contributed by atoms with E-state index < -0.39 is 10.8 Å². The van der Waals surface area contributed by atoms with Gasteiger partial charge in [0.25, 0.3) is 11.6 Å². The van der Waals surface area contributed by atoms with Gasteiger partial charge in [-0.15, -0.1) is 0 Å². The molecule has 0 atom stereocenters. The van der Waals surface area contributed by atoms with Crippen molar-refractivity contribution < 1.29 is 18.9 Å². The second-order valence-corrected chi connectivity index (χ2v) is 9.46. The quantitative estimate of drug-likeness (QED) is 0.177. The Kier molecular flexibility index (Phi) is 7.43. The number of hydrogen-bond donors (Lipinski definition) is 2. The fourth-order valence-electron chi connectivity index (χ4n) is 4.01. The number of carbonyl (C=O) groups excluding carboxylic acids is 1. The number of halogens is 2. The molecular formula is C25H19Cl2N5O5S. The highest BCUT2D eigenvalue weighted by molar-refractivity contribution is 7.80. The Morgan fingerprint density at radius 2 is 1.89 bits per heavy atom. The van der Waals surface area contributed by atoms with Gasteiger partial charge in [0.05, 0.1) is 33.7 Å². The molecule has 0 spiro atoms. The molecule has 0 aliphatic carbocycles. The summed E-state index contributed by atoms with van der Waals surface area (Å²) in [6.45, 7) is 2.03. The van der Waals surface area contributed by atoms with Gasteiger partial charge in [-0.2, -0.15) is 0 Å². The van der Waals surface area contributed by atoms with Gasteiger partial charge >= 0.3 is 0 Å². The van der Waals surface area contributed by atoms with Crippen LogP contribution in [0.4, 0.5) is 17.1 Å². The first-order valence-corrected chi connectivity index (χ1v) is 12.5. The van der Waals surface area contributed by atoms with Crippen molar-refractivity contribution in [1.29, 1.82) is 0 Å². The van der Waals surface area contributed by atoms with E-state index in [1.165, 1.54) is 12.1 Å². The van der Waals surface area contributed by atoms with Crippen molar-refractivity contribution in [2.75, 3.05) is 36.5 Å². The lowest BCUT2D eigenvalue weighted by atomic mass is 10.1. The number of fused-ring (bicyclic) bond motifs is 1. The Balaban J connectivity index is 1.29. The first kappa shape index (κ1) is 25.9. The number of nitro groups is 1. The van der Waals surface area contributed by atoms with Crippen molar-refractivity contribution in [2.45, 2.75) is 0 Å². The van der Waals surface area contributed by atoms with Gasteiger partial charge in [0, 0.05) is 30.4 Å². The third-order valence-electron chi connectivity index (χ3n) is 5.84. The standard InChI is InChI=1S/C25H19Cl2N5O5S/c26-17-3-1-2-16(22(17)27)24-29-18-13-15(5-7-21(18)37-24)28-25(38)30-23(33)14-4-6-19(20(12-14)32(34)35)31-8-10-36-11-9-31/h1-7,12-13H,8-11H2,(H2,28,30,33,38). The average molecular weight is 572 g/mol. The molecule has 0 unspecified atom stereocenters. The molecule has 3 aromatic carbocycles. The second kappa shape index (κ2) is 10.9. The lowest BCUT2D eigenvalue weighted by Gasteiger charge is -2.28. The summed E-state index contributed by atoms with van der Waals surface area (Å²) in [5.41, 5.74) is 2.54. The Hall–Kier alpha value is -3.77. The van der Waals surface area contributed by atoms with E-state index in [-0.39, 0.29) is 16.4 Å². The summed E-state index contributed by atoms with van der Waals surface area (Å²) in [4.78, 5) is 30.3.